The van der Waals surface area contributed by atoms with Crippen LogP contribution in [0.1, 0.15) is 42.9 Å². The fourth-order valence-electron chi connectivity index (χ4n) is 4.01. The predicted molar refractivity (Wildman–Crippen MR) is 122 cm³/mol. The average molecular weight is 471 g/mol. The third-order valence-corrected chi connectivity index (χ3v) is 6.20. The highest BCUT2D eigenvalue weighted by atomic mass is 35.5. The molecule has 174 valence electrons. The summed E-state index contributed by atoms with van der Waals surface area (Å²) in [5, 5.41) is 6.38. The number of fused-ring (bicyclic) bond motifs is 1. The van der Waals surface area contributed by atoms with Crippen molar-refractivity contribution in [1.29, 1.82) is 0 Å². The molecule has 2 N–H and O–H groups in total. The molecule has 2 aliphatic rings. The molecule has 0 saturated carbocycles. The van der Waals surface area contributed by atoms with Crippen molar-refractivity contribution >= 4 is 29.4 Å². The van der Waals surface area contributed by atoms with Gasteiger partial charge in [0.25, 0.3) is 0 Å². The van der Waals surface area contributed by atoms with E-state index in [-0.39, 0.29) is 49.4 Å². The molecule has 2 aromatic rings. The summed E-state index contributed by atoms with van der Waals surface area (Å²) in [4.78, 5) is 37.9. The van der Waals surface area contributed by atoms with Gasteiger partial charge in [0.05, 0.1) is 18.8 Å². The first-order valence-corrected chi connectivity index (χ1v) is 11.5. The van der Waals surface area contributed by atoms with Gasteiger partial charge in [-0.2, -0.15) is 0 Å². The third kappa shape index (κ3) is 6.79. The number of hydrogen-bond donors (Lipinski definition) is 2. The van der Waals surface area contributed by atoms with Gasteiger partial charge in [-0.3, -0.25) is 14.4 Å². The molecule has 2 fully saturated rings. The maximum atomic E-state index is 13.0. The Morgan fingerprint density at radius 1 is 1.06 bits per heavy atom. The maximum absolute atomic E-state index is 13.0. The number of nitrogens with one attached hydrogen (secondary N) is 2. The average Bonchev–Trinajstić information content (AvgIpc) is 3.57. The Hall–Kier alpha value is -2.90. The predicted octanol–water partition coefficient (Wildman–Crippen LogP) is 3.31. The van der Waals surface area contributed by atoms with Crippen molar-refractivity contribution in [3.63, 3.8) is 0 Å². The van der Waals surface area contributed by atoms with Crippen molar-refractivity contribution in [3.8, 4) is 0 Å². The van der Waals surface area contributed by atoms with Crippen molar-refractivity contribution in [3.05, 3.63) is 70.7 Å². The van der Waals surface area contributed by atoms with E-state index >= 15 is 0 Å². The maximum Gasteiger partial charge on any atom is 0.306 e. The summed E-state index contributed by atoms with van der Waals surface area (Å²) in [7, 11) is 0. The van der Waals surface area contributed by atoms with Crippen LogP contribution in [0.25, 0.3) is 0 Å². The first-order valence-electron chi connectivity index (χ1n) is 11.2. The summed E-state index contributed by atoms with van der Waals surface area (Å²) in [6.45, 7) is 0.505. The van der Waals surface area contributed by atoms with Crippen LogP contribution in [0.2, 0.25) is 5.02 Å². The molecule has 0 aromatic heterocycles. The van der Waals surface area contributed by atoms with Crippen LogP contribution in [0.15, 0.2) is 54.6 Å². The van der Waals surface area contributed by atoms with Crippen molar-refractivity contribution in [2.45, 2.75) is 50.5 Å². The second-order valence-electron chi connectivity index (χ2n) is 8.43. The van der Waals surface area contributed by atoms with Gasteiger partial charge in [0.15, 0.2) is 0 Å². The van der Waals surface area contributed by atoms with Crippen LogP contribution in [0, 0.1) is 5.92 Å². The van der Waals surface area contributed by atoms with Gasteiger partial charge in [0.1, 0.15) is 6.10 Å². The van der Waals surface area contributed by atoms with E-state index in [1.54, 1.807) is 12.1 Å². The number of rotatable bonds is 5. The fourth-order valence-corrected chi connectivity index (χ4v) is 4.14. The summed E-state index contributed by atoms with van der Waals surface area (Å²) >= 11 is 5.90. The van der Waals surface area contributed by atoms with Crippen molar-refractivity contribution in [2.24, 2.45) is 5.92 Å². The number of amides is 2. The monoisotopic (exact) mass is 470 g/mol. The lowest BCUT2D eigenvalue weighted by molar-refractivity contribution is -0.150. The van der Waals surface area contributed by atoms with Crippen LogP contribution in [0.5, 0.6) is 0 Å². The van der Waals surface area contributed by atoms with Crippen LogP contribution >= 0.6 is 11.6 Å². The van der Waals surface area contributed by atoms with Crippen LogP contribution in [0.4, 0.5) is 0 Å². The number of ether oxygens (including phenoxy) is 2. The van der Waals surface area contributed by atoms with Crippen molar-refractivity contribution in [1.82, 2.24) is 10.6 Å². The van der Waals surface area contributed by atoms with E-state index in [0.29, 0.717) is 24.4 Å². The minimum atomic E-state index is -0.586. The van der Waals surface area contributed by atoms with Gasteiger partial charge in [-0.25, -0.2) is 0 Å². The molecule has 4 atom stereocenters. The summed E-state index contributed by atoms with van der Waals surface area (Å²) in [5.41, 5.74) is 1.73. The summed E-state index contributed by atoms with van der Waals surface area (Å²) in [6, 6.07) is 16.5. The third-order valence-electron chi connectivity index (χ3n) is 5.95. The topological polar surface area (TPSA) is 97.0 Å². The second kappa shape index (κ2) is 10.8. The number of carbonyl (C=O) groups excluding carboxylic acids is 3. The van der Waals surface area contributed by atoms with Gasteiger partial charge >= 0.3 is 5.97 Å². The van der Waals surface area contributed by atoms with Gasteiger partial charge < -0.3 is 20.1 Å². The lowest BCUT2D eigenvalue weighted by atomic mass is 9.95. The molecule has 0 bridgehead atoms. The number of halogens is 1. The van der Waals surface area contributed by atoms with Gasteiger partial charge in [-0.15, -0.1) is 0 Å². The van der Waals surface area contributed by atoms with Crippen molar-refractivity contribution < 1.29 is 23.9 Å². The lowest BCUT2D eigenvalue weighted by Crippen LogP contribution is -2.38. The highest BCUT2D eigenvalue weighted by Gasteiger charge is 2.42. The molecule has 7 nitrogen and oxygen atoms in total. The second-order valence-corrected chi connectivity index (χ2v) is 8.86. The van der Waals surface area contributed by atoms with E-state index in [1.165, 1.54) is 0 Å². The Bertz CT molecular complexity index is 982. The summed E-state index contributed by atoms with van der Waals surface area (Å²) < 4.78 is 11.3. The molecule has 2 amide bonds. The van der Waals surface area contributed by atoms with Gasteiger partial charge in [-0.1, -0.05) is 54.1 Å². The number of epoxide rings is 1. The Balaban J connectivity index is 1.39. The molecule has 33 heavy (non-hydrogen) atoms. The number of carbonyl (C=O) groups is 3. The lowest BCUT2D eigenvalue weighted by Gasteiger charge is -2.22. The van der Waals surface area contributed by atoms with E-state index in [4.69, 9.17) is 21.1 Å². The van der Waals surface area contributed by atoms with E-state index in [1.807, 2.05) is 42.5 Å². The molecule has 2 aliphatic heterocycles. The Labute approximate surface area is 197 Å². The zero-order chi connectivity index (χ0) is 23.2. The number of hydrogen-bond acceptors (Lipinski definition) is 5. The van der Waals surface area contributed by atoms with E-state index in [0.717, 1.165) is 11.1 Å². The summed E-state index contributed by atoms with van der Waals surface area (Å²) in [6.07, 6.45) is 0.503. The van der Waals surface area contributed by atoms with Crippen LogP contribution < -0.4 is 10.6 Å². The number of cyclic esters (lactones) is 1. The zero-order valence-electron chi connectivity index (χ0n) is 18.2. The first kappa shape index (κ1) is 23.3. The molecule has 2 saturated heterocycles. The van der Waals surface area contributed by atoms with Crippen LogP contribution in [-0.2, 0) is 30.4 Å². The Kier molecular flexibility index (Phi) is 7.62. The minimum absolute atomic E-state index is 0.0573. The Morgan fingerprint density at radius 2 is 1.82 bits per heavy atom. The molecule has 2 heterocycles. The van der Waals surface area contributed by atoms with Crippen LogP contribution in [-0.4, -0.2) is 36.5 Å². The van der Waals surface area contributed by atoms with Gasteiger partial charge in [-0.05, 0) is 36.1 Å². The SMILES string of the molecule is O=C(C[C@@H]1C[C@@H]2O[C@H]2CCC(=O)OC(c2ccccc2)CNC1=O)NCc1ccc(Cl)cc1. The van der Waals surface area contributed by atoms with Gasteiger partial charge in [0.2, 0.25) is 11.8 Å². The van der Waals surface area contributed by atoms with Crippen LogP contribution in [0.3, 0.4) is 0 Å². The van der Waals surface area contributed by atoms with E-state index in [9.17, 15) is 14.4 Å². The normalized spacial score (nSPS) is 25.5. The fraction of sp³-hybridized carbons (Fsp3) is 0.400. The molecular formula is C25H27ClN2O5. The molecule has 0 spiro atoms. The highest BCUT2D eigenvalue weighted by molar-refractivity contribution is 6.30. The number of benzene rings is 2. The smallest absolute Gasteiger partial charge is 0.306 e. The minimum Gasteiger partial charge on any atom is -0.456 e. The highest BCUT2D eigenvalue weighted by Crippen LogP contribution is 2.34. The molecule has 0 aliphatic carbocycles. The molecule has 8 heteroatoms. The number of esters is 1. The first-order chi connectivity index (χ1) is 16.0. The largest absolute Gasteiger partial charge is 0.456 e. The van der Waals surface area contributed by atoms with E-state index in [2.05, 4.69) is 10.6 Å². The zero-order valence-corrected chi connectivity index (χ0v) is 18.9. The molecule has 2 aromatic carbocycles. The summed E-state index contributed by atoms with van der Waals surface area (Å²) in [5.74, 6) is -1.30. The molecular weight excluding hydrogens is 444 g/mol. The quantitative estimate of drug-likeness (QED) is 0.516. The molecule has 1 unspecified atom stereocenters. The molecule has 0 radical (unpaired) electrons. The molecule has 4 rings (SSSR count). The standard InChI is InChI=1S/C25H27ClN2O5/c26-19-8-6-16(7-9-19)14-27-23(29)13-18-12-21-20(32-21)10-11-24(30)33-22(15-28-25(18)31)17-4-2-1-3-5-17/h1-9,18,20-22H,10-15H2,(H,27,29)(H,28,31)/t18-,20-,21-,22?/m0/s1. The Morgan fingerprint density at radius 3 is 2.58 bits per heavy atom. The van der Waals surface area contributed by atoms with E-state index < -0.39 is 12.0 Å². The van der Waals surface area contributed by atoms with Gasteiger partial charge in [0, 0.05) is 30.3 Å². The van der Waals surface area contributed by atoms with Crippen molar-refractivity contribution in [2.75, 3.05) is 6.54 Å².